The lowest BCUT2D eigenvalue weighted by Crippen LogP contribution is -2.49. The molecule has 1 amide bonds. The first-order valence-corrected chi connectivity index (χ1v) is 14.0. The highest BCUT2D eigenvalue weighted by atomic mass is 16.6. The summed E-state index contributed by atoms with van der Waals surface area (Å²) in [6, 6.07) is 28.4. The van der Waals surface area contributed by atoms with Crippen molar-refractivity contribution in [1.29, 1.82) is 0 Å². The normalized spacial score (nSPS) is 13.4. The van der Waals surface area contributed by atoms with Gasteiger partial charge in [-0.3, -0.25) is 14.9 Å². The standard InChI is InChI=1S/C33H31N5O4/c1-42-30-13-6-5-12-28(30)35-18-20-36(21-19-35)32(39)17-15-29-33(24-8-3-2-4-9-24)34-31-16-14-26(23-37(29)31)25-10-7-11-27(22-25)38(40)41/h2-14,16,22-23H,15,17-21H2,1H3. The summed E-state index contributed by atoms with van der Waals surface area (Å²) >= 11 is 0. The smallest absolute Gasteiger partial charge is 0.270 e. The molecule has 212 valence electrons. The third kappa shape index (κ3) is 5.41. The molecule has 3 aromatic carbocycles. The number of nitrogens with zero attached hydrogens (tertiary/aromatic N) is 5. The molecule has 2 aromatic heterocycles. The Morgan fingerprint density at radius 1 is 0.881 bits per heavy atom. The van der Waals surface area contributed by atoms with E-state index in [0.717, 1.165) is 58.3 Å². The van der Waals surface area contributed by atoms with Crippen LogP contribution < -0.4 is 9.64 Å². The maximum absolute atomic E-state index is 13.4. The van der Waals surface area contributed by atoms with Gasteiger partial charge >= 0.3 is 0 Å². The monoisotopic (exact) mass is 561 g/mol. The van der Waals surface area contributed by atoms with Crippen molar-refractivity contribution in [1.82, 2.24) is 14.3 Å². The highest BCUT2D eigenvalue weighted by molar-refractivity contribution is 5.78. The van der Waals surface area contributed by atoms with Crippen molar-refractivity contribution in [3.05, 3.63) is 113 Å². The fourth-order valence-corrected chi connectivity index (χ4v) is 5.60. The number of hydrogen-bond donors (Lipinski definition) is 0. The number of nitro groups is 1. The van der Waals surface area contributed by atoms with Crippen molar-refractivity contribution < 1.29 is 14.5 Å². The van der Waals surface area contributed by atoms with Crippen LogP contribution in [-0.2, 0) is 11.2 Å². The average Bonchev–Trinajstić information content (AvgIpc) is 3.42. The highest BCUT2D eigenvalue weighted by Gasteiger charge is 2.24. The first kappa shape index (κ1) is 27.0. The van der Waals surface area contributed by atoms with Gasteiger partial charge in [-0.05, 0) is 41.8 Å². The number of imidazole rings is 1. The minimum absolute atomic E-state index is 0.0415. The molecule has 0 saturated carbocycles. The number of pyridine rings is 1. The van der Waals surface area contributed by atoms with Crippen LogP contribution in [0.5, 0.6) is 5.75 Å². The molecule has 1 saturated heterocycles. The Bertz CT molecular complexity index is 1740. The summed E-state index contributed by atoms with van der Waals surface area (Å²) in [7, 11) is 1.68. The quantitative estimate of drug-likeness (QED) is 0.174. The lowest BCUT2D eigenvalue weighted by atomic mass is 10.1. The summed E-state index contributed by atoms with van der Waals surface area (Å²) in [6.07, 6.45) is 2.82. The molecule has 9 nitrogen and oxygen atoms in total. The van der Waals surface area contributed by atoms with E-state index in [1.54, 1.807) is 19.2 Å². The van der Waals surface area contributed by atoms with Gasteiger partial charge in [0.15, 0.2) is 0 Å². The zero-order valence-corrected chi connectivity index (χ0v) is 23.3. The van der Waals surface area contributed by atoms with Gasteiger partial charge in [0.05, 0.1) is 29.1 Å². The number of amides is 1. The average molecular weight is 562 g/mol. The molecule has 0 radical (unpaired) electrons. The number of piperazine rings is 1. The molecular formula is C33H31N5O4. The number of ether oxygens (including phenoxy) is 1. The number of aromatic nitrogens is 2. The fraction of sp³-hybridized carbons (Fsp3) is 0.212. The van der Waals surface area contributed by atoms with Gasteiger partial charge in [0.2, 0.25) is 5.91 Å². The van der Waals surface area contributed by atoms with E-state index < -0.39 is 0 Å². The van der Waals surface area contributed by atoms with Crippen LogP contribution in [-0.4, -0.2) is 58.4 Å². The van der Waals surface area contributed by atoms with Crippen LogP contribution in [0.15, 0.2) is 97.2 Å². The van der Waals surface area contributed by atoms with Crippen LogP contribution in [0.25, 0.3) is 28.0 Å². The molecule has 9 heteroatoms. The molecule has 0 spiro atoms. The summed E-state index contributed by atoms with van der Waals surface area (Å²) in [5.41, 5.74) is 6.18. The first-order valence-electron chi connectivity index (χ1n) is 14.0. The van der Waals surface area contributed by atoms with E-state index in [2.05, 4.69) is 4.90 Å². The summed E-state index contributed by atoms with van der Waals surface area (Å²) in [6.45, 7) is 2.77. The number of benzene rings is 3. The molecule has 1 aliphatic heterocycles. The molecule has 3 heterocycles. The van der Waals surface area contributed by atoms with Gasteiger partial charge in [0.25, 0.3) is 5.69 Å². The minimum atomic E-state index is -0.389. The van der Waals surface area contributed by atoms with E-state index in [1.165, 1.54) is 6.07 Å². The zero-order chi connectivity index (χ0) is 29.1. The summed E-state index contributed by atoms with van der Waals surface area (Å²) in [5.74, 6) is 0.946. The van der Waals surface area contributed by atoms with E-state index in [-0.39, 0.29) is 16.5 Å². The number of carbonyl (C=O) groups excluding carboxylic acids is 1. The van der Waals surface area contributed by atoms with Gasteiger partial charge in [-0.25, -0.2) is 4.98 Å². The number of para-hydroxylation sites is 2. The SMILES string of the molecule is COc1ccccc1N1CCN(C(=O)CCc2c(-c3ccccc3)nc3ccc(-c4cccc([N+](=O)[O-])c4)cn23)CC1. The van der Waals surface area contributed by atoms with Gasteiger partial charge in [0.1, 0.15) is 11.4 Å². The molecule has 0 N–H and O–H groups in total. The molecule has 5 aromatic rings. The molecule has 0 unspecified atom stereocenters. The van der Waals surface area contributed by atoms with E-state index >= 15 is 0 Å². The molecule has 1 fully saturated rings. The van der Waals surface area contributed by atoms with Crippen molar-refractivity contribution in [3.63, 3.8) is 0 Å². The largest absolute Gasteiger partial charge is 0.495 e. The van der Waals surface area contributed by atoms with Gasteiger partial charge in [0, 0.05) is 56.5 Å². The van der Waals surface area contributed by atoms with Crippen molar-refractivity contribution in [2.45, 2.75) is 12.8 Å². The Kier molecular flexibility index (Phi) is 7.55. The van der Waals surface area contributed by atoms with Crippen molar-refractivity contribution >= 4 is 22.9 Å². The number of hydrogen-bond acceptors (Lipinski definition) is 6. The van der Waals surface area contributed by atoms with Crippen molar-refractivity contribution in [3.8, 4) is 28.1 Å². The Labute approximate surface area is 243 Å². The second-order valence-electron chi connectivity index (χ2n) is 10.3. The number of non-ortho nitro benzene ring substituents is 1. The van der Waals surface area contributed by atoms with Gasteiger partial charge in [-0.15, -0.1) is 0 Å². The van der Waals surface area contributed by atoms with Crippen LogP contribution in [0.4, 0.5) is 11.4 Å². The van der Waals surface area contributed by atoms with Crippen LogP contribution in [0.1, 0.15) is 12.1 Å². The molecule has 42 heavy (non-hydrogen) atoms. The second kappa shape index (κ2) is 11.7. The third-order valence-corrected chi connectivity index (χ3v) is 7.79. The predicted octanol–water partition coefficient (Wildman–Crippen LogP) is 5.87. The Hall–Kier alpha value is -5.18. The molecular weight excluding hydrogens is 530 g/mol. The highest BCUT2D eigenvalue weighted by Crippen LogP contribution is 2.31. The number of anilines is 1. The number of nitro benzene ring substituents is 1. The Balaban J connectivity index is 1.24. The van der Waals surface area contributed by atoms with Crippen molar-refractivity contribution in [2.75, 3.05) is 38.2 Å². The van der Waals surface area contributed by atoms with E-state index in [4.69, 9.17) is 9.72 Å². The lowest BCUT2D eigenvalue weighted by Gasteiger charge is -2.36. The summed E-state index contributed by atoms with van der Waals surface area (Å²) < 4.78 is 7.55. The minimum Gasteiger partial charge on any atom is -0.495 e. The number of aryl methyl sites for hydroxylation is 1. The summed E-state index contributed by atoms with van der Waals surface area (Å²) in [5, 5.41) is 11.4. The molecule has 0 bridgehead atoms. The molecule has 0 aliphatic carbocycles. The Morgan fingerprint density at radius 3 is 2.38 bits per heavy atom. The maximum atomic E-state index is 13.4. The maximum Gasteiger partial charge on any atom is 0.270 e. The lowest BCUT2D eigenvalue weighted by molar-refractivity contribution is -0.384. The zero-order valence-electron chi connectivity index (χ0n) is 23.3. The number of rotatable bonds is 8. The van der Waals surface area contributed by atoms with E-state index in [0.29, 0.717) is 25.9 Å². The van der Waals surface area contributed by atoms with Crippen LogP contribution in [0.3, 0.4) is 0 Å². The number of methoxy groups -OCH3 is 1. The van der Waals surface area contributed by atoms with Crippen LogP contribution in [0, 0.1) is 10.1 Å². The van der Waals surface area contributed by atoms with Gasteiger partial charge in [-0.1, -0.05) is 54.6 Å². The number of fused-ring (bicyclic) bond motifs is 1. The molecule has 1 aliphatic rings. The first-order chi connectivity index (χ1) is 20.5. The summed E-state index contributed by atoms with van der Waals surface area (Å²) in [4.78, 5) is 33.5. The van der Waals surface area contributed by atoms with Crippen LogP contribution >= 0.6 is 0 Å². The van der Waals surface area contributed by atoms with Crippen molar-refractivity contribution in [2.24, 2.45) is 0 Å². The molecule has 6 rings (SSSR count). The second-order valence-corrected chi connectivity index (χ2v) is 10.3. The third-order valence-electron chi connectivity index (χ3n) is 7.79. The van der Waals surface area contributed by atoms with Gasteiger partial charge < -0.3 is 18.9 Å². The number of carbonyl (C=O) groups is 1. The fourth-order valence-electron chi connectivity index (χ4n) is 5.60. The van der Waals surface area contributed by atoms with Gasteiger partial charge in [-0.2, -0.15) is 0 Å². The van der Waals surface area contributed by atoms with E-state index in [9.17, 15) is 14.9 Å². The van der Waals surface area contributed by atoms with Crippen LogP contribution in [0.2, 0.25) is 0 Å². The van der Waals surface area contributed by atoms with E-state index in [1.807, 2.05) is 88.3 Å². The predicted molar refractivity (Wildman–Crippen MR) is 163 cm³/mol. The Morgan fingerprint density at radius 2 is 1.62 bits per heavy atom. The molecule has 0 atom stereocenters. The topological polar surface area (TPSA) is 93.2 Å².